The number of benzene rings is 2. The maximum atomic E-state index is 12.6. The topological polar surface area (TPSA) is 60.0 Å². The van der Waals surface area contributed by atoms with E-state index < -0.39 is 5.60 Å². The van der Waals surface area contributed by atoms with E-state index in [0.717, 1.165) is 36.0 Å². The highest BCUT2D eigenvalue weighted by Gasteiger charge is 2.52. The Kier molecular flexibility index (Phi) is 9.69. The first-order valence-corrected chi connectivity index (χ1v) is 15.8. The molecular weight excluding hydrogens is 579 g/mol. The molecule has 224 valence electrons. The molecule has 2 aromatic rings. The van der Waals surface area contributed by atoms with Crippen LogP contribution in [0.3, 0.4) is 0 Å². The molecule has 1 amide bonds. The number of hydrogen-bond donors (Lipinski definition) is 1. The van der Waals surface area contributed by atoms with E-state index >= 15 is 0 Å². The Labute approximate surface area is 256 Å². The second-order valence-electron chi connectivity index (χ2n) is 13.7. The number of nitrogens with one attached hydrogen (secondary N) is 1. The zero-order valence-corrected chi connectivity index (χ0v) is 28.0. The number of halogens is 1. The molecular formula is C33H48BBrN2O4. The fraction of sp³-hybridized carbons (Fsp3) is 0.606. The lowest BCUT2D eigenvalue weighted by molar-refractivity contribution is 0.00578. The van der Waals surface area contributed by atoms with Crippen molar-refractivity contribution in [2.24, 2.45) is 0 Å². The Hall–Kier alpha value is -1.87. The number of nitrogens with zero attached hydrogens (tertiary/aromatic N) is 1. The maximum absolute atomic E-state index is 12.6. The van der Waals surface area contributed by atoms with Crippen LogP contribution in [0.1, 0.15) is 108 Å². The van der Waals surface area contributed by atoms with Crippen LogP contribution in [-0.2, 0) is 14.0 Å². The summed E-state index contributed by atoms with van der Waals surface area (Å²) in [5, 5.41) is 3.50. The van der Waals surface area contributed by atoms with Gasteiger partial charge in [-0.3, -0.25) is 0 Å². The molecule has 41 heavy (non-hydrogen) atoms. The van der Waals surface area contributed by atoms with Crippen molar-refractivity contribution in [3.05, 3.63) is 63.1 Å². The second kappa shape index (κ2) is 12.4. The van der Waals surface area contributed by atoms with Gasteiger partial charge in [-0.2, -0.15) is 0 Å². The van der Waals surface area contributed by atoms with Gasteiger partial charge in [-0.25, -0.2) is 4.79 Å². The molecule has 3 aliphatic heterocycles. The van der Waals surface area contributed by atoms with Gasteiger partial charge in [-0.05, 0) is 123 Å². The fourth-order valence-electron chi connectivity index (χ4n) is 5.65. The first-order chi connectivity index (χ1) is 19.1. The van der Waals surface area contributed by atoms with Crippen molar-refractivity contribution in [3.63, 3.8) is 0 Å². The third-order valence-electron chi connectivity index (χ3n) is 8.71. The smallest absolute Gasteiger partial charge is 0.444 e. The summed E-state index contributed by atoms with van der Waals surface area (Å²) in [5.74, 6) is 0. The van der Waals surface area contributed by atoms with Crippen LogP contribution >= 0.6 is 15.9 Å². The van der Waals surface area contributed by atoms with Gasteiger partial charge >= 0.3 is 13.2 Å². The quantitative estimate of drug-likeness (QED) is 0.357. The van der Waals surface area contributed by atoms with Crippen LogP contribution in [0.5, 0.6) is 0 Å². The zero-order chi connectivity index (χ0) is 30.2. The van der Waals surface area contributed by atoms with Crippen molar-refractivity contribution < 1.29 is 18.8 Å². The number of ether oxygens (including phenoxy) is 1. The standard InChI is InChI=1S/C22H34BNO4.C11H14BrN/c1-15-14-16(18-10-9-13-24(18)19(25)26-20(2,3)4)11-12-17(15)23-27-21(5,6)22(7,8)28-23;1-8-7-9(4-5-10(8)12)11-3-2-6-13-11/h11-12,14,18H,9-10,13H2,1-8H3;4-5,7,11,13H,2-3,6H2,1H3. The van der Waals surface area contributed by atoms with Crippen LogP contribution in [0.2, 0.25) is 0 Å². The van der Waals surface area contributed by atoms with E-state index in [1.54, 1.807) is 0 Å². The first kappa shape index (κ1) is 32.1. The predicted molar refractivity (Wildman–Crippen MR) is 171 cm³/mol. The van der Waals surface area contributed by atoms with E-state index in [0.29, 0.717) is 6.04 Å². The Bertz CT molecular complexity index is 1220. The second-order valence-corrected chi connectivity index (χ2v) is 14.5. The van der Waals surface area contributed by atoms with Gasteiger partial charge in [0, 0.05) is 17.1 Å². The first-order valence-electron chi connectivity index (χ1n) is 15.0. The molecule has 5 rings (SSSR count). The van der Waals surface area contributed by atoms with E-state index in [2.05, 4.69) is 99.2 Å². The highest BCUT2D eigenvalue weighted by Crippen LogP contribution is 2.38. The van der Waals surface area contributed by atoms with Crippen molar-refractivity contribution in [3.8, 4) is 0 Å². The summed E-state index contributed by atoms with van der Waals surface area (Å²) in [7, 11) is -0.371. The summed E-state index contributed by atoms with van der Waals surface area (Å²) >= 11 is 3.52. The third-order valence-corrected chi connectivity index (χ3v) is 9.60. The lowest BCUT2D eigenvalue weighted by Gasteiger charge is -2.32. The van der Waals surface area contributed by atoms with Gasteiger partial charge in [0.2, 0.25) is 0 Å². The monoisotopic (exact) mass is 626 g/mol. The number of likely N-dealkylation sites (tertiary alicyclic amines) is 1. The number of carbonyl (C=O) groups excluding carboxylic acids is 1. The number of rotatable bonds is 3. The molecule has 0 radical (unpaired) electrons. The molecule has 0 saturated carbocycles. The summed E-state index contributed by atoms with van der Waals surface area (Å²) in [6.07, 6.45) is 4.29. The summed E-state index contributed by atoms with van der Waals surface area (Å²) in [6.45, 7) is 20.1. The molecule has 2 aromatic carbocycles. The molecule has 2 atom stereocenters. The number of amides is 1. The summed E-state index contributed by atoms with van der Waals surface area (Å²) in [4.78, 5) is 14.5. The molecule has 3 aliphatic rings. The van der Waals surface area contributed by atoms with Crippen LogP contribution < -0.4 is 10.8 Å². The van der Waals surface area contributed by atoms with Gasteiger partial charge in [0.15, 0.2) is 0 Å². The van der Waals surface area contributed by atoms with Gasteiger partial charge in [0.05, 0.1) is 17.2 Å². The fourth-order valence-corrected chi connectivity index (χ4v) is 5.89. The third kappa shape index (κ3) is 7.56. The average molecular weight is 627 g/mol. The van der Waals surface area contributed by atoms with Gasteiger partial charge in [-0.15, -0.1) is 0 Å². The lowest BCUT2D eigenvalue weighted by Crippen LogP contribution is -2.41. The van der Waals surface area contributed by atoms with Crippen molar-refractivity contribution in [1.82, 2.24) is 10.2 Å². The Morgan fingerprint density at radius 3 is 2.17 bits per heavy atom. The molecule has 0 spiro atoms. The van der Waals surface area contributed by atoms with Gasteiger partial charge in [0.25, 0.3) is 0 Å². The Morgan fingerprint density at radius 2 is 1.61 bits per heavy atom. The molecule has 3 fully saturated rings. The normalized spacial score (nSPS) is 23.4. The van der Waals surface area contributed by atoms with Gasteiger partial charge < -0.3 is 24.3 Å². The highest BCUT2D eigenvalue weighted by molar-refractivity contribution is 9.10. The van der Waals surface area contributed by atoms with Gasteiger partial charge in [0.1, 0.15) is 5.60 Å². The molecule has 8 heteroatoms. The molecule has 6 nitrogen and oxygen atoms in total. The van der Waals surface area contributed by atoms with Crippen molar-refractivity contribution in [1.29, 1.82) is 0 Å². The van der Waals surface area contributed by atoms with Crippen LogP contribution in [0.25, 0.3) is 0 Å². The minimum atomic E-state index is -0.485. The number of hydrogen-bond acceptors (Lipinski definition) is 5. The molecule has 3 saturated heterocycles. The molecule has 0 bridgehead atoms. The van der Waals surface area contributed by atoms with Gasteiger partial charge in [-0.1, -0.05) is 51.8 Å². The van der Waals surface area contributed by atoms with Crippen LogP contribution in [0.15, 0.2) is 40.9 Å². The van der Waals surface area contributed by atoms with Crippen molar-refractivity contribution in [2.45, 2.75) is 117 Å². The van der Waals surface area contributed by atoms with Crippen LogP contribution in [-0.4, -0.2) is 48.0 Å². The minimum Gasteiger partial charge on any atom is -0.444 e. The maximum Gasteiger partial charge on any atom is 0.495 e. The molecule has 3 heterocycles. The zero-order valence-electron chi connectivity index (χ0n) is 26.4. The molecule has 0 aliphatic carbocycles. The minimum absolute atomic E-state index is 0.0564. The lowest BCUT2D eigenvalue weighted by atomic mass is 9.75. The Morgan fingerprint density at radius 1 is 0.976 bits per heavy atom. The highest BCUT2D eigenvalue weighted by atomic mass is 79.9. The average Bonchev–Trinajstić information content (AvgIpc) is 3.60. The summed E-state index contributed by atoms with van der Waals surface area (Å²) in [5.41, 5.74) is 4.85. The molecule has 2 unspecified atom stereocenters. The predicted octanol–water partition coefficient (Wildman–Crippen LogP) is 7.55. The number of aryl methyl sites for hydroxylation is 2. The van der Waals surface area contributed by atoms with E-state index in [1.807, 2.05) is 25.7 Å². The SMILES string of the molecule is Cc1cc(C2CCCN2)ccc1Br.Cc1cc(C2CCCN2C(=O)OC(C)(C)C)ccc1B1OC(C)(C)C(C)(C)O1. The summed E-state index contributed by atoms with van der Waals surface area (Å²) in [6, 6.07) is 13.6. The molecule has 1 N–H and O–H groups in total. The van der Waals surface area contributed by atoms with Crippen LogP contribution in [0, 0.1) is 13.8 Å². The number of carbonyl (C=O) groups is 1. The van der Waals surface area contributed by atoms with Crippen LogP contribution in [0.4, 0.5) is 4.79 Å². The summed E-state index contributed by atoms with van der Waals surface area (Å²) < 4.78 is 19.2. The molecule has 0 aromatic heterocycles. The van der Waals surface area contributed by atoms with E-state index in [1.165, 1.54) is 35.0 Å². The van der Waals surface area contributed by atoms with Crippen molar-refractivity contribution in [2.75, 3.05) is 13.1 Å². The Balaban J connectivity index is 0.000000247. The van der Waals surface area contributed by atoms with E-state index in [4.69, 9.17) is 14.0 Å². The van der Waals surface area contributed by atoms with E-state index in [9.17, 15) is 4.79 Å². The largest absolute Gasteiger partial charge is 0.495 e. The van der Waals surface area contributed by atoms with Crippen molar-refractivity contribution >= 4 is 34.6 Å². The van der Waals surface area contributed by atoms with E-state index in [-0.39, 0.29) is 30.5 Å².